The van der Waals surface area contributed by atoms with E-state index in [4.69, 9.17) is 5.11 Å². The molecule has 2 aromatic carbocycles. The van der Waals surface area contributed by atoms with Crippen LogP contribution in [0.15, 0.2) is 48.5 Å². The number of amides is 2. The van der Waals surface area contributed by atoms with Gasteiger partial charge in [0.15, 0.2) is 0 Å². The largest absolute Gasteiger partial charge is 0.481 e. The normalized spacial score (nSPS) is 11.3. The number of aryl methyl sites for hydroxylation is 1. The quantitative estimate of drug-likeness (QED) is 0.437. The maximum atomic E-state index is 12.2. The minimum atomic E-state index is -1.04. The average Bonchev–Trinajstić information content (AvgIpc) is 2.67. The number of carbonyl (C=O) groups excluding carboxylic acids is 2. The maximum Gasteiger partial charge on any atom is 0.305 e. The van der Waals surface area contributed by atoms with Crippen LogP contribution < -0.4 is 10.6 Å². The Hall–Kier alpha value is -3.75. The molecule has 152 valence electrons. The van der Waals surface area contributed by atoms with Gasteiger partial charge in [0, 0.05) is 30.7 Å². The van der Waals surface area contributed by atoms with Crippen LogP contribution in [0, 0.1) is 17.0 Å². The summed E-state index contributed by atoms with van der Waals surface area (Å²) < 4.78 is 0. The average molecular weight is 399 g/mol. The fraction of sp³-hybridized carbons (Fsp3) is 0.250. The minimum absolute atomic E-state index is 0.0369. The van der Waals surface area contributed by atoms with Gasteiger partial charge in [0.05, 0.1) is 17.4 Å². The van der Waals surface area contributed by atoms with Crippen LogP contribution in [0.2, 0.25) is 0 Å². The minimum Gasteiger partial charge on any atom is -0.481 e. The molecule has 2 amide bonds. The van der Waals surface area contributed by atoms with Gasteiger partial charge in [-0.25, -0.2) is 0 Å². The molecule has 0 aliphatic carbocycles. The highest BCUT2D eigenvalue weighted by Crippen LogP contribution is 2.20. The number of benzene rings is 2. The molecular formula is C20H21N3O6. The van der Waals surface area contributed by atoms with Crippen LogP contribution in [-0.4, -0.2) is 34.4 Å². The predicted octanol–water partition coefficient (Wildman–Crippen LogP) is 2.36. The Morgan fingerprint density at radius 2 is 1.76 bits per heavy atom. The number of carboxylic acids is 1. The summed E-state index contributed by atoms with van der Waals surface area (Å²) in [4.78, 5) is 45.5. The fourth-order valence-corrected chi connectivity index (χ4v) is 2.78. The number of nitro groups is 1. The molecule has 0 saturated carbocycles. The summed E-state index contributed by atoms with van der Waals surface area (Å²) in [5, 5.41) is 25.0. The molecule has 0 fully saturated rings. The second-order valence-corrected chi connectivity index (χ2v) is 6.38. The number of carbonyl (C=O) groups is 3. The summed E-state index contributed by atoms with van der Waals surface area (Å²) in [5.41, 5.74) is 1.70. The molecule has 2 rings (SSSR count). The van der Waals surface area contributed by atoms with E-state index in [9.17, 15) is 24.5 Å². The summed E-state index contributed by atoms with van der Waals surface area (Å²) in [7, 11) is 0. The van der Waals surface area contributed by atoms with Gasteiger partial charge >= 0.3 is 5.97 Å². The van der Waals surface area contributed by atoms with Gasteiger partial charge in [-0.05, 0) is 30.2 Å². The lowest BCUT2D eigenvalue weighted by atomic mass is 9.98. The van der Waals surface area contributed by atoms with Crippen LogP contribution in [0.1, 0.15) is 40.4 Å². The Balaban J connectivity index is 1.90. The lowest BCUT2D eigenvalue weighted by Gasteiger charge is -2.19. The van der Waals surface area contributed by atoms with Gasteiger partial charge in [0.2, 0.25) is 5.91 Å². The smallest absolute Gasteiger partial charge is 0.305 e. The van der Waals surface area contributed by atoms with Gasteiger partial charge in [-0.3, -0.25) is 24.5 Å². The number of hydrogen-bond donors (Lipinski definition) is 3. The lowest BCUT2D eigenvalue weighted by molar-refractivity contribution is -0.384. The van der Waals surface area contributed by atoms with Gasteiger partial charge in [-0.2, -0.15) is 0 Å². The number of rotatable bonds is 9. The lowest BCUT2D eigenvalue weighted by Crippen LogP contribution is -2.34. The number of hydrogen-bond acceptors (Lipinski definition) is 5. The van der Waals surface area contributed by atoms with E-state index < -0.39 is 28.7 Å². The van der Waals surface area contributed by atoms with E-state index in [0.29, 0.717) is 0 Å². The zero-order valence-electron chi connectivity index (χ0n) is 15.8. The molecule has 9 nitrogen and oxygen atoms in total. The SMILES string of the molecule is Cc1ccccc1C(CC(=O)O)NC(=O)CCNC(=O)c1ccc([N+](=O)[O-])cc1. The van der Waals surface area contributed by atoms with Gasteiger partial charge in [-0.15, -0.1) is 0 Å². The van der Waals surface area contributed by atoms with Gasteiger partial charge in [-0.1, -0.05) is 24.3 Å². The van der Waals surface area contributed by atoms with Crippen molar-refractivity contribution in [3.63, 3.8) is 0 Å². The van der Waals surface area contributed by atoms with E-state index in [-0.39, 0.29) is 30.6 Å². The maximum absolute atomic E-state index is 12.2. The highest BCUT2D eigenvalue weighted by molar-refractivity contribution is 5.94. The zero-order valence-corrected chi connectivity index (χ0v) is 15.8. The monoisotopic (exact) mass is 399 g/mol. The van der Waals surface area contributed by atoms with Crippen LogP contribution in [0.3, 0.4) is 0 Å². The standard InChI is InChI=1S/C20H21N3O6/c1-13-4-2-3-5-16(13)17(12-19(25)26)22-18(24)10-11-21-20(27)14-6-8-15(9-7-14)23(28)29/h2-9,17H,10-12H2,1H3,(H,21,27)(H,22,24)(H,25,26). The fourth-order valence-electron chi connectivity index (χ4n) is 2.78. The van der Waals surface area contributed by atoms with E-state index in [2.05, 4.69) is 10.6 Å². The third-order valence-corrected chi connectivity index (χ3v) is 4.26. The number of nitrogens with one attached hydrogen (secondary N) is 2. The number of nitro benzene ring substituents is 1. The third-order valence-electron chi connectivity index (χ3n) is 4.26. The van der Waals surface area contributed by atoms with E-state index in [1.54, 1.807) is 12.1 Å². The number of non-ortho nitro benzene ring substituents is 1. The van der Waals surface area contributed by atoms with Gasteiger partial charge < -0.3 is 15.7 Å². The van der Waals surface area contributed by atoms with Crippen molar-refractivity contribution in [1.29, 1.82) is 0 Å². The van der Waals surface area contributed by atoms with Crippen LogP contribution in [0.25, 0.3) is 0 Å². The summed E-state index contributed by atoms with van der Waals surface area (Å²) in [6, 6.07) is 11.6. The van der Waals surface area contributed by atoms with Crippen LogP contribution >= 0.6 is 0 Å². The molecule has 9 heteroatoms. The highest BCUT2D eigenvalue weighted by atomic mass is 16.6. The third kappa shape index (κ3) is 6.42. The van der Waals surface area contributed by atoms with Crippen LogP contribution in [-0.2, 0) is 9.59 Å². The summed E-state index contributed by atoms with van der Waals surface area (Å²) in [6.45, 7) is 1.87. The molecule has 0 bridgehead atoms. The molecule has 0 aromatic heterocycles. The first-order valence-corrected chi connectivity index (χ1v) is 8.87. The van der Waals surface area contributed by atoms with Crippen molar-refractivity contribution in [3.8, 4) is 0 Å². The van der Waals surface area contributed by atoms with Gasteiger partial charge in [0.25, 0.3) is 11.6 Å². The topological polar surface area (TPSA) is 139 Å². The van der Waals surface area contributed by atoms with Crippen molar-refractivity contribution in [3.05, 3.63) is 75.3 Å². The molecule has 0 saturated heterocycles. The Kier molecular flexibility index (Phi) is 7.41. The molecule has 1 unspecified atom stereocenters. The Morgan fingerprint density at radius 3 is 2.34 bits per heavy atom. The molecule has 0 radical (unpaired) electrons. The Labute approximate surface area is 166 Å². The molecule has 0 aliphatic rings. The van der Waals surface area contributed by atoms with Crippen molar-refractivity contribution >= 4 is 23.5 Å². The molecule has 2 aromatic rings. The molecule has 0 aliphatic heterocycles. The van der Waals surface area contributed by atoms with Crippen LogP contribution in [0.5, 0.6) is 0 Å². The van der Waals surface area contributed by atoms with Crippen molar-refractivity contribution < 1.29 is 24.4 Å². The molecule has 1 atom stereocenters. The van der Waals surface area contributed by atoms with E-state index >= 15 is 0 Å². The van der Waals surface area contributed by atoms with E-state index in [1.807, 2.05) is 19.1 Å². The molecule has 29 heavy (non-hydrogen) atoms. The number of carboxylic acid groups (broad SMARTS) is 1. The first-order valence-electron chi connectivity index (χ1n) is 8.87. The van der Waals surface area contributed by atoms with Gasteiger partial charge in [0.1, 0.15) is 0 Å². The summed E-state index contributed by atoms with van der Waals surface area (Å²) in [5.74, 6) is -1.90. The van der Waals surface area contributed by atoms with E-state index in [1.165, 1.54) is 24.3 Å². The van der Waals surface area contributed by atoms with Crippen LogP contribution in [0.4, 0.5) is 5.69 Å². The highest BCUT2D eigenvalue weighted by Gasteiger charge is 2.19. The first-order chi connectivity index (χ1) is 13.8. The molecule has 0 heterocycles. The first kappa shape index (κ1) is 21.5. The van der Waals surface area contributed by atoms with Crippen molar-refractivity contribution in [1.82, 2.24) is 10.6 Å². The summed E-state index contributed by atoms with van der Waals surface area (Å²) in [6.07, 6.45) is -0.299. The Bertz CT molecular complexity index is 911. The van der Waals surface area contributed by atoms with E-state index in [0.717, 1.165) is 11.1 Å². The molecular weight excluding hydrogens is 378 g/mol. The second kappa shape index (κ2) is 9.98. The van der Waals surface area contributed by atoms with Crippen molar-refractivity contribution in [2.75, 3.05) is 6.54 Å². The molecule has 0 spiro atoms. The summed E-state index contributed by atoms with van der Waals surface area (Å²) >= 11 is 0. The Morgan fingerprint density at radius 1 is 1.10 bits per heavy atom. The number of nitrogens with zero attached hydrogens (tertiary/aromatic N) is 1. The molecule has 3 N–H and O–H groups in total. The number of aliphatic carboxylic acids is 1. The predicted molar refractivity (Wildman–Crippen MR) is 104 cm³/mol. The van der Waals surface area contributed by atoms with Crippen molar-refractivity contribution in [2.45, 2.75) is 25.8 Å². The zero-order chi connectivity index (χ0) is 21.4. The van der Waals surface area contributed by atoms with Crippen molar-refractivity contribution in [2.24, 2.45) is 0 Å². The second-order valence-electron chi connectivity index (χ2n) is 6.38.